The fourth-order valence-corrected chi connectivity index (χ4v) is 1.98. The molecule has 0 unspecified atom stereocenters. The zero-order valence-corrected chi connectivity index (χ0v) is 12.8. The second-order valence-electron chi connectivity index (χ2n) is 5.37. The van der Waals surface area contributed by atoms with Gasteiger partial charge in [0, 0.05) is 11.5 Å². The van der Waals surface area contributed by atoms with Gasteiger partial charge in [0.1, 0.15) is 11.5 Å². The van der Waals surface area contributed by atoms with E-state index in [4.69, 9.17) is 9.47 Å². The number of methoxy groups -OCH3 is 2. The van der Waals surface area contributed by atoms with Crippen LogP contribution in [0.15, 0.2) is 30.4 Å². The molecule has 0 aliphatic carbocycles. The fraction of sp³-hybridized carbons (Fsp3) is 0.529. The Morgan fingerprint density at radius 1 is 1.05 bits per heavy atom. The second-order valence-corrected chi connectivity index (χ2v) is 5.37. The molecule has 0 saturated carbocycles. The average molecular weight is 262 g/mol. The van der Waals surface area contributed by atoms with Crippen molar-refractivity contribution in [3.63, 3.8) is 0 Å². The Morgan fingerprint density at radius 2 is 1.63 bits per heavy atom. The van der Waals surface area contributed by atoms with E-state index < -0.39 is 0 Å². The number of hydrogen-bond acceptors (Lipinski definition) is 2. The first-order chi connectivity index (χ1) is 9.03. The van der Waals surface area contributed by atoms with Gasteiger partial charge in [-0.3, -0.25) is 0 Å². The van der Waals surface area contributed by atoms with E-state index in [-0.39, 0.29) is 5.41 Å². The molecule has 0 radical (unpaired) electrons. The lowest BCUT2D eigenvalue weighted by molar-refractivity contribution is 0.392. The van der Waals surface area contributed by atoms with Crippen LogP contribution >= 0.6 is 0 Å². The molecule has 0 N–H and O–H groups in total. The van der Waals surface area contributed by atoms with E-state index in [1.165, 1.54) is 18.4 Å². The van der Waals surface area contributed by atoms with Crippen molar-refractivity contribution in [3.8, 4) is 11.5 Å². The molecule has 0 atom stereocenters. The van der Waals surface area contributed by atoms with Gasteiger partial charge in [-0.25, -0.2) is 0 Å². The number of ether oxygens (including phenoxy) is 2. The Kier molecular flexibility index (Phi) is 5.94. The van der Waals surface area contributed by atoms with Crippen LogP contribution in [-0.4, -0.2) is 14.2 Å². The molecular formula is C17H26O2. The third-order valence-electron chi connectivity index (χ3n) is 3.35. The van der Waals surface area contributed by atoms with Crippen LogP contribution in [0.5, 0.6) is 11.5 Å². The van der Waals surface area contributed by atoms with Gasteiger partial charge in [-0.05, 0) is 24.1 Å². The van der Waals surface area contributed by atoms with Gasteiger partial charge in [0.05, 0.1) is 14.2 Å². The number of unbranched alkanes of at least 4 members (excludes halogenated alkanes) is 2. The van der Waals surface area contributed by atoms with Gasteiger partial charge in [-0.2, -0.15) is 0 Å². The van der Waals surface area contributed by atoms with Gasteiger partial charge < -0.3 is 9.47 Å². The fourth-order valence-electron chi connectivity index (χ4n) is 1.98. The monoisotopic (exact) mass is 262 g/mol. The molecule has 0 aromatic heterocycles. The summed E-state index contributed by atoms with van der Waals surface area (Å²) in [4.78, 5) is 0. The highest BCUT2D eigenvalue weighted by molar-refractivity contribution is 5.43. The molecular weight excluding hydrogens is 236 g/mol. The van der Waals surface area contributed by atoms with E-state index in [0.717, 1.165) is 17.9 Å². The van der Waals surface area contributed by atoms with Gasteiger partial charge in [0.25, 0.3) is 0 Å². The molecule has 0 bridgehead atoms. The lowest BCUT2D eigenvalue weighted by Gasteiger charge is -2.22. The van der Waals surface area contributed by atoms with Crippen molar-refractivity contribution < 1.29 is 9.47 Å². The van der Waals surface area contributed by atoms with E-state index in [1.54, 1.807) is 14.2 Å². The van der Waals surface area contributed by atoms with Crippen LogP contribution in [0.25, 0.3) is 0 Å². The highest BCUT2D eigenvalue weighted by atomic mass is 16.5. The Labute approximate surface area is 117 Å². The molecule has 1 aromatic carbocycles. The van der Waals surface area contributed by atoms with E-state index in [9.17, 15) is 0 Å². The highest BCUT2D eigenvalue weighted by Gasteiger charge is 2.18. The largest absolute Gasteiger partial charge is 0.497 e. The lowest BCUT2D eigenvalue weighted by Crippen LogP contribution is -2.13. The quantitative estimate of drug-likeness (QED) is 0.522. The highest BCUT2D eigenvalue weighted by Crippen LogP contribution is 2.32. The molecule has 0 spiro atoms. The van der Waals surface area contributed by atoms with Crippen LogP contribution in [0.2, 0.25) is 0 Å². The topological polar surface area (TPSA) is 18.5 Å². The first-order valence-electron chi connectivity index (χ1n) is 6.94. The van der Waals surface area contributed by atoms with Gasteiger partial charge >= 0.3 is 0 Å². The maximum Gasteiger partial charge on any atom is 0.122 e. The molecule has 0 aliphatic heterocycles. The summed E-state index contributed by atoms with van der Waals surface area (Å²) in [7, 11) is 3.37. The predicted octanol–water partition coefficient (Wildman–Crippen LogP) is 4.73. The predicted molar refractivity (Wildman–Crippen MR) is 81.2 cm³/mol. The average Bonchev–Trinajstić information content (AvgIpc) is 2.43. The van der Waals surface area contributed by atoms with Gasteiger partial charge in [0.15, 0.2) is 0 Å². The number of allylic oxidation sites excluding steroid dienone is 2. The summed E-state index contributed by atoms with van der Waals surface area (Å²) in [5.41, 5.74) is 1.19. The van der Waals surface area contributed by atoms with Gasteiger partial charge in [-0.1, -0.05) is 45.8 Å². The second kappa shape index (κ2) is 7.22. The molecule has 1 rings (SSSR count). The third-order valence-corrected chi connectivity index (χ3v) is 3.35. The van der Waals surface area contributed by atoms with Crippen LogP contribution in [0.1, 0.15) is 45.6 Å². The van der Waals surface area contributed by atoms with Crippen LogP contribution in [0, 0.1) is 0 Å². The van der Waals surface area contributed by atoms with Crippen LogP contribution < -0.4 is 9.47 Å². The summed E-state index contributed by atoms with van der Waals surface area (Å²) in [5, 5.41) is 0. The summed E-state index contributed by atoms with van der Waals surface area (Å²) >= 11 is 0. The van der Waals surface area contributed by atoms with E-state index >= 15 is 0 Å². The molecule has 0 fully saturated rings. The van der Waals surface area contributed by atoms with Crippen molar-refractivity contribution >= 4 is 0 Å². The summed E-state index contributed by atoms with van der Waals surface area (Å²) in [6.45, 7) is 6.64. The number of benzene rings is 1. The molecule has 2 heteroatoms. The van der Waals surface area contributed by atoms with E-state index in [0.29, 0.717) is 0 Å². The van der Waals surface area contributed by atoms with Crippen molar-refractivity contribution in [3.05, 3.63) is 35.9 Å². The molecule has 106 valence electrons. The Balaban J connectivity index is 2.95. The Hall–Kier alpha value is -1.44. The van der Waals surface area contributed by atoms with Crippen molar-refractivity contribution in [1.82, 2.24) is 0 Å². The molecule has 0 heterocycles. The maximum absolute atomic E-state index is 5.33. The van der Waals surface area contributed by atoms with Crippen LogP contribution in [0.3, 0.4) is 0 Å². The SMILES string of the molecule is CCCC/C=C/C(C)(C)c1cc(OC)cc(OC)c1. The van der Waals surface area contributed by atoms with E-state index in [1.807, 2.05) is 6.07 Å². The standard InChI is InChI=1S/C17H26O2/c1-6-7-8-9-10-17(2,3)14-11-15(18-4)13-16(12-14)19-5/h9-13H,6-8H2,1-5H3/b10-9+. The summed E-state index contributed by atoms with van der Waals surface area (Å²) in [5.74, 6) is 1.67. The minimum absolute atomic E-state index is 0.0183. The van der Waals surface area contributed by atoms with Crippen molar-refractivity contribution in [2.75, 3.05) is 14.2 Å². The smallest absolute Gasteiger partial charge is 0.122 e. The normalized spacial score (nSPS) is 11.8. The van der Waals surface area contributed by atoms with E-state index in [2.05, 4.69) is 45.1 Å². The van der Waals surface area contributed by atoms with Gasteiger partial charge in [0.2, 0.25) is 0 Å². The van der Waals surface area contributed by atoms with Gasteiger partial charge in [-0.15, -0.1) is 0 Å². The Morgan fingerprint density at radius 3 is 2.11 bits per heavy atom. The van der Waals surface area contributed by atoms with Crippen molar-refractivity contribution in [1.29, 1.82) is 0 Å². The van der Waals surface area contributed by atoms with Crippen LogP contribution in [0.4, 0.5) is 0 Å². The number of hydrogen-bond donors (Lipinski definition) is 0. The van der Waals surface area contributed by atoms with Crippen molar-refractivity contribution in [2.45, 2.75) is 45.4 Å². The summed E-state index contributed by atoms with van der Waals surface area (Å²) < 4.78 is 10.7. The molecule has 2 nitrogen and oxygen atoms in total. The Bertz CT molecular complexity index is 397. The maximum atomic E-state index is 5.33. The molecule has 0 aliphatic rings. The summed E-state index contributed by atoms with van der Waals surface area (Å²) in [6.07, 6.45) is 8.17. The first kappa shape index (κ1) is 15.6. The third kappa shape index (κ3) is 4.62. The zero-order chi connectivity index (χ0) is 14.3. The minimum Gasteiger partial charge on any atom is -0.497 e. The van der Waals surface area contributed by atoms with Crippen LogP contribution in [-0.2, 0) is 5.41 Å². The molecule has 0 amide bonds. The lowest BCUT2D eigenvalue weighted by atomic mass is 9.84. The first-order valence-corrected chi connectivity index (χ1v) is 6.94. The zero-order valence-electron chi connectivity index (χ0n) is 12.8. The summed E-state index contributed by atoms with van der Waals surface area (Å²) in [6, 6.07) is 6.06. The molecule has 0 saturated heterocycles. The number of rotatable bonds is 7. The van der Waals surface area contributed by atoms with Crippen molar-refractivity contribution in [2.24, 2.45) is 0 Å². The molecule has 19 heavy (non-hydrogen) atoms. The minimum atomic E-state index is -0.0183. The molecule has 1 aromatic rings.